The molecule has 8 heteroatoms. The first-order valence-corrected chi connectivity index (χ1v) is 9.49. The van der Waals surface area contributed by atoms with Crippen molar-refractivity contribution in [2.24, 2.45) is 0 Å². The van der Waals surface area contributed by atoms with Crippen molar-refractivity contribution in [3.8, 4) is 11.4 Å². The van der Waals surface area contributed by atoms with Gasteiger partial charge in [-0.1, -0.05) is 18.2 Å². The molecule has 1 aromatic heterocycles. The number of ether oxygens (including phenoxy) is 2. The molecule has 1 aliphatic heterocycles. The first-order valence-electron chi connectivity index (χ1n) is 9.49. The zero-order chi connectivity index (χ0) is 21.1. The largest absolute Gasteiger partial charge is 0.467 e. The molecule has 0 aliphatic carbocycles. The minimum atomic E-state index is -0.584. The van der Waals surface area contributed by atoms with E-state index in [0.717, 1.165) is 5.69 Å². The van der Waals surface area contributed by atoms with Gasteiger partial charge in [0, 0.05) is 23.9 Å². The van der Waals surface area contributed by atoms with E-state index in [0.29, 0.717) is 29.0 Å². The summed E-state index contributed by atoms with van der Waals surface area (Å²) in [6, 6.07) is 13.4. The van der Waals surface area contributed by atoms with Crippen LogP contribution in [0.3, 0.4) is 0 Å². The number of hydrogen-bond donors (Lipinski definition) is 1. The summed E-state index contributed by atoms with van der Waals surface area (Å²) in [5.41, 5.74) is 1.97. The molecule has 0 bridgehead atoms. The van der Waals surface area contributed by atoms with E-state index in [1.54, 1.807) is 11.6 Å². The monoisotopic (exact) mass is 409 g/mol. The fraction of sp³-hybridized carbons (Fsp3) is 0.227. The van der Waals surface area contributed by atoms with E-state index in [4.69, 9.17) is 9.47 Å². The minimum absolute atomic E-state index is 0.101. The molecular weight excluding hydrogens is 389 g/mol. The second-order valence-corrected chi connectivity index (χ2v) is 6.92. The first-order chi connectivity index (χ1) is 14.5. The average molecular weight is 409 g/mol. The molecule has 3 aromatic rings. The molecule has 2 heterocycles. The molecule has 2 aromatic carbocycles. The van der Waals surface area contributed by atoms with E-state index in [1.165, 1.54) is 18.2 Å². The number of para-hydroxylation sites is 1. The molecule has 0 saturated carbocycles. The Morgan fingerprint density at radius 3 is 2.83 bits per heavy atom. The van der Waals surface area contributed by atoms with E-state index in [9.17, 15) is 14.0 Å². The molecule has 1 aliphatic rings. The molecule has 1 amide bonds. The highest BCUT2D eigenvalue weighted by molar-refractivity contribution is 5.92. The van der Waals surface area contributed by atoms with Gasteiger partial charge in [0.1, 0.15) is 11.6 Å². The van der Waals surface area contributed by atoms with E-state index in [1.807, 2.05) is 30.3 Å². The number of amides is 1. The molecule has 0 unspecified atom stereocenters. The highest BCUT2D eigenvalue weighted by Crippen LogP contribution is 2.29. The highest BCUT2D eigenvalue weighted by atomic mass is 19.1. The zero-order valence-corrected chi connectivity index (χ0v) is 16.4. The molecule has 30 heavy (non-hydrogen) atoms. The van der Waals surface area contributed by atoms with Crippen molar-refractivity contribution in [3.63, 3.8) is 0 Å². The Bertz CT molecular complexity index is 1150. The number of fused-ring (bicyclic) bond motifs is 1. The SMILES string of the molecule is Cc1cc(=O)c(C(=O)NCCc2cc(F)cc3c2OCOC3)nn1-c1ccccc1. The first kappa shape index (κ1) is 19.8. The standard InChI is InChI=1S/C22H20FN3O4/c1-14-9-19(27)20(25-26(14)18-5-3-2-4-6-18)22(28)24-8-7-15-10-17(23)11-16-12-29-13-30-21(15)16/h2-6,9-11H,7-8,12-13H2,1H3,(H,24,28). The van der Waals surface area contributed by atoms with E-state index < -0.39 is 17.2 Å². The van der Waals surface area contributed by atoms with Gasteiger partial charge in [-0.05, 0) is 43.2 Å². The molecule has 1 N–H and O–H groups in total. The number of carbonyl (C=O) groups excluding carboxylic acids is 1. The summed E-state index contributed by atoms with van der Waals surface area (Å²) in [5.74, 6) is -0.397. The van der Waals surface area contributed by atoms with Gasteiger partial charge in [0.25, 0.3) is 5.91 Å². The van der Waals surface area contributed by atoms with Crippen molar-refractivity contribution >= 4 is 5.91 Å². The third-order valence-electron chi connectivity index (χ3n) is 4.75. The van der Waals surface area contributed by atoms with Crippen LogP contribution in [0.25, 0.3) is 5.69 Å². The molecule has 0 spiro atoms. The van der Waals surface area contributed by atoms with Crippen LogP contribution >= 0.6 is 0 Å². The van der Waals surface area contributed by atoms with Crippen LogP contribution in [-0.2, 0) is 17.8 Å². The fourth-order valence-electron chi connectivity index (χ4n) is 3.37. The fourth-order valence-corrected chi connectivity index (χ4v) is 3.37. The summed E-state index contributed by atoms with van der Waals surface area (Å²) < 4.78 is 26.1. The van der Waals surface area contributed by atoms with Gasteiger partial charge in [0.2, 0.25) is 5.43 Å². The van der Waals surface area contributed by atoms with Gasteiger partial charge in [0.05, 0.1) is 12.3 Å². The maximum atomic E-state index is 13.8. The van der Waals surface area contributed by atoms with Crippen LogP contribution in [0.2, 0.25) is 0 Å². The van der Waals surface area contributed by atoms with E-state index in [-0.39, 0.29) is 25.6 Å². The summed E-state index contributed by atoms with van der Waals surface area (Å²) in [4.78, 5) is 24.9. The lowest BCUT2D eigenvalue weighted by Crippen LogP contribution is -2.33. The second-order valence-electron chi connectivity index (χ2n) is 6.92. The van der Waals surface area contributed by atoms with E-state index >= 15 is 0 Å². The van der Waals surface area contributed by atoms with Gasteiger partial charge < -0.3 is 14.8 Å². The van der Waals surface area contributed by atoms with Crippen LogP contribution in [-0.4, -0.2) is 29.0 Å². The van der Waals surface area contributed by atoms with Crippen molar-refractivity contribution in [2.75, 3.05) is 13.3 Å². The zero-order valence-electron chi connectivity index (χ0n) is 16.4. The Morgan fingerprint density at radius 2 is 2.03 bits per heavy atom. The average Bonchev–Trinajstić information content (AvgIpc) is 2.74. The molecule has 154 valence electrons. The van der Waals surface area contributed by atoms with Crippen LogP contribution < -0.4 is 15.5 Å². The smallest absolute Gasteiger partial charge is 0.275 e. The van der Waals surface area contributed by atoms with Gasteiger partial charge in [-0.3, -0.25) is 9.59 Å². The predicted molar refractivity (Wildman–Crippen MR) is 107 cm³/mol. The van der Waals surface area contributed by atoms with Crippen LogP contribution in [0, 0.1) is 12.7 Å². The summed E-state index contributed by atoms with van der Waals surface area (Å²) in [7, 11) is 0. The quantitative estimate of drug-likeness (QED) is 0.700. The number of halogens is 1. The Labute approximate surface area is 172 Å². The Kier molecular flexibility index (Phi) is 5.58. The number of benzene rings is 2. The number of aromatic nitrogens is 2. The maximum Gasteiger partial charge on any atom is 0.275 e. The molecule has 0 saturated heterocycles. The lowest BCUT2D eigenvalue weighted by Gasteiger charge is -2.21. The summed E-state index contributed by atoms with van der Waals surface area (Å²) in [6.45, 7) is 2.32. The van der Waals surface area contributed by atoms with Gasteiger partial charge >= 0.3 is 0 Å². The third-order valence-corrected chi connectivity index (χ3v) is 4.75. The van der Waals surface area contributed by atoms with Gasteiger partial charge in [-0.2, -0.15) is 5.10 Å². The normalized spacial score (nSPS) is 12.7. The van der Waals surface area contributed by atoms with Crippen LogP contribution in [0.5, 0.6) is 5.75 Å². The number of aryl methyl sites for hydroxylation is 1. The lowest BCUT2D eigenvalue weighted by atomic mass is 10.1. The molecule has 0 fully saturated rings. The van der Waals surface area contributed by atoms with E-state index in [2.05, 4.69) is 10.4 Å². The Morgan fingerprint density at radius 1 is 1.23 bits per heavy atom. The second kappa shape index (κ2) is 8.46. The third kappa shape index (κ3) is 4.08. The number of nitrogens with zero attached hydrogens (tertiary/aromatic N) is 2. The van der Waals surface area contributed by atoms with Crippen molar-refractivity contribution in [1.82, 2.24) is 15.1 Å². The molecule has 0 atom stereocenters. The number of nitrogens with one attached hydrogen (secondary N) is 1. The highest BCUT2D eigenvalue weighted by Gasteiger charge is 2.18. The van der Waals surface area contributed by atoms with Gasteiger partial charge in [-0.15, -0.1) is 0 Å². The van der Waals surface area contributed by atoms with Crippen LogP contribution in [0.1, 0.15) is 27.3 Å². The number of carbonyl (C=O) groups is 1. The molecule has 0 radical (unpaired) electrons. The number of hydrogen-bond acceptors (Lipinski definition) is 5. The minimum Gasteiger partial charge on any atom is -0.467 e. The Balaban J connectivity index is 1.50. The molecule has 4 rings (SSSR count). The van der Waals surface area contributed by atoms with Crippen molar-refractivity contribution in [1.29, 1.82) is 0 Å². The molecular formula is C22H20FN3O4. The van der Waals surface area contributed by atoms with Crippen molar-refractivity contribution in [2.45, 2.75) is 20.0 Å². The van der Waals surface area contributed by atoms with Crippen LogP contribution in [0.15, 0.2) is 53.3 Å². The van der Waals surface area contributed by atoms with Crippen molar-refractivity contribution < 1.29 is 18.7 Å². The Hall–Kier alpha value is -3.52. The number of rotatable bonds is 5. The van der Waals surface area contributed by atoms with Crippen molar-refractivity contribution in [3.05, 3.63) is 87.1 Å². The topological polar surface area (TPSA) is 82.5 Å². The maximum absolute atomic E-state index is 13.8. The summed E-state index contributed by atoms with van der Waals surface area (Å²) in [6.07, 6.45) is 0.338. The van der Waals surface area contributed by atoms with Gasteiger partial charge in [-0.25, -0.2) is 9.07 Å². The van der Waals surface area contributed by atoms with Crippen LogP contribution in [0.4, 0.5) is 4.39 Å². The van der Waals surface area contributed by atoms with Gasteiger partial charge in [0.15, 0.2) is 12.5 Å². The lowest BCUT2D eigenvalue weighted by molar-refractivity contribution is -0.0172. The summed E-state index contributed by atoms with van der Waals surface area (Å²) >= 11 is 0. The molecule has 7 nitrogen and oxygen atoms in total. The summed E-state index contributed by atoms with van der Waals surface area (Å²) in [5, 5.41) is 6.93. The predicted octanol–water partition coefficient (Wildman–Crippen LogP) is 2.52.